The topological polar surface area (TPSA) is 223 Å². The Morgan fingerprint density at radius 3 is 2.25 bits per heavy atom. The molecule has 0 saturated carbocycles. The second kappa shape index (κ2) is 15.4. The molecule has 2 fully saturated rings. The Hall–Kier alpha value is -4.11. The van der Waals surface area contributed by atoms with Crippen LogP contribution < -0.4 is 0 Å². The van der Waals surface area contributed by atoms with Gasteiger partial charge in [0.1, 0.15) is 12.2 Å². The smallest absolute Gasteiger partial charge is 0.344 e. The number of fused-ring (bicyclic) bond motifs is 2. The van der Waals surface area contributed by atoms with Crippen molar-refractivity contribution in [1.29, 1.82) is 0 Å². The van der Waals surface area contributed by atoms with Crippen LogP contribution in [0.25, 0.3) is 0 Å². The molecule has 0 radical (unpaired) electrons. The first kappa shape index (κ1) is 38.3. The minimum atomic E-state index is -3.89. The second-order valence-corrected chi connectivity index (χ2v) is 12.5. The van der Waals surface area contributed by atoms with Gasteiger partial charge >= 0.3 is 29.8 Å². The lowest BCUT2D eigenvalue weighted by Crippen LogP contribution is -2.78. The summed E-state index contributed by atoms with van der Waals surface area (Å²) in [5.41, 5.74) is -6.26. The van der Waals surface area contributed by atoms with Gasteiger partial charge in [-0.25, -0.2) is 19.2 Å². The van der Waals surface area contributed by atoms with E-state index in [0.717, 1.165) is 24.5 Å². The number of allylic oxidation sites excluding steroid dienone is 1. The van der Waals surface area contributed by atoms with E-state index in [4.69, 9.17) is 18.9 Å². The highest BCUT2D eigenvalue weighted by Crippen LogP contribution is 2.56. The summed E-state index contributed by atoms with van der Waals surface area (Å²) in [6.07, 6.45) is -3.95. The number of unbranched alkanes of at least 4 members (excludes halogenated alkanes) is 1. The van der Waals surface area contributed by atoms with E-state index in [2.05, 4.69) is 6.58 Å². The zero-order valence-electron chi connectivity index (χ0n) is 27.4. The van der Waals surface area contributed by atoms with Crippen LogP contribution in [0.1, 0.15) is 65.4 Å². The number of carbonyl (C=O) groups excluding carboxylic acids is 2. The van der Waals surface area contributed by atoms with E-state index < -0.39 is 77.7 Å². The molecule has 14 nitrogen and oxygen atoms in total. The molecule has 2 aliphatic heterocycles. The first-order chi connectivity index (χ1) is 22.5. The summed E-state index contributed by atoms with van der Waals surface area (Å²) in [4.78, 5) is 62.8. The van der Waals surface area contributed by atoms with Crippen molar-refractivity contribution in [3.05, 3.63) is 60.2 Å². The molecule has 5 N–H and O–H groups in total. The fraction of sp³-hybridized carbons (Fsp3) is 0.559. The van der Waals surface area contributed by atoms with Gasteiger partial charge in [-0.05, 0) is 36.3 Å². The van der Waals surface area contributed by atoms with E-state index >= 15 is 0 Å². The number of ether oxygens (including phenoxy) is 4. The van der Waals surface area contributed by atoms with Crippen molar-refractivity contribution < 1.29 is 68.5 Å². The average Bonchev–Trinajstić information content (AvgIpc) is 3.24. The molecular formula is C34H44O14. The Morgan fingerprint density at radius 2 is 1.71 bits per heavy atom. The summed E-state index contributed by atoms with van der Waals surface area (Å²) in [5.74, 6) is -11.6. The molecule has 2 aliphatic rings. The molecule has 1 aromatic rings. The van der Waals surface area contributed by atoms with E-state index in [-0.39, 0.29) is 23.8 Å². The standard InChI is InChI=1S/C34H44O14/c1-6-7-11-19(2)14-15-24(36)46-27-26(37)32(47-28(29(38)39)33(44,30(40)41)34(27,48-32)31(42)43)17-16-20(3)25(45-22(5)35)21(4)18-23-12-9-8-10-13-23/h8-10,12-15,19,21,25-28,37,44H,3,6-7,11,16-18H2,1-2,4-5H3,(H,38,39)(H,40,41)(H,42,43)/b15-14+/t19?,21-,25-,26-,27-,28-,32+,33-,34+/m1/s1. The average molecular weight is 677 g/mol. The molecule has 1 unspecified atom stereocenters. The van der Waals surface area contributed by atoms with Crippen molar-refractivity contribution in [3.8, 4) is 0 Å². The third-order valence-electron chi connectivity index (χ3n) is 8.83. The minimum absolute atomic E-state index is 0.0996. The molecule has 0 aromatic heterocycles. The zero-order valence-corrected chi connectivity index (χ0v) is 27.4. The predicted molar refractivity (Wildman–Crippen MR) is 166 cm³/mol. The quantitative estimate of drug-likeness (QED) is 0.0909. The molecule has 264 valence electrons. The molecule has 0 amide bonds. The highest BCUT2D eigenvalue weighted by molar-refractivity contribution is 5.98. The Balaban J connectivity index is 2.02. The number of hydrogen-bond acceptors (Lipinski definition) is 11. The fourth-order valence-electron chi connectivity index (χ4n) is 6.33. The Kier molecular flexibility index (Phi) is 12.3. The lowest BCUT2D eigenvalue weighted by molar-refractivity contribution is -0.374. The van der Waals surface area contributed by atoms with Crippen molar-refractivity contribution >= 4 is 29.8 Å². The molecule has 2 heterocycles. The Morgan fingerprint density at radius 1 is 1.06 bits per heavy atom. The van der Waals surface area contributed by atoms with Gasteiger partial charge in [0.2, 0.25) is 23.1 Å². The molecule has 48 heavy (non-hydrogen) atoms. The van der Waals surface area contributed by atoms with Gasteiger partial charge in [0.15, 0.2) is 6.10 Å². The van der Waals surface area contributed by atoms with Gasteiger partial charge in [-0.1, -0.05) is 76.6 Å². The number of carboxylic acid groups (broad SMARTS) is 3. The number of carboxylic acids is 3. The number of hydrogen-bond donors (Lipinski definition) is 5. The highest BCUT2D eigenvalue weighted by atomic mass is 16.8. The maximum Gasteiger partial charge on any atom is 0.344 e. The molecule has 9 atom stereocenters. The Bertz CT molecular complexity index is 1410. The van der Waals surface area contributed by atoms with Crippen LogP contribution >= 0.6 is 0 Å². The van der Waals surface area contributed by atoms with Gasteiger partial charge in [-0.3, -0.25) is 4.79 Å². The van der Waals surface area contributed by atoms with Gasteiger partial charge < -0.3 is 44.5 Å². The molecule has 1 aromatic carbocycles. The molecule has 2 bridgehead atoms. The van der Waals surface area contributed by atoms with Gasteiger partial charge in [0, 0.05) is 25.3 Å². The van der Waals surface area contributed by atoms with Crippen LogP contribution in [0.2, 0.25) is 0 Å². The van der Waals surface area contributed by atoms with E-state index in [1.165, 1.54) is 13.0 Å². The summed E-state index contributed by atoms with van der Waals surface area (Å²) < 4.78 is 22.0. The predicted octanol–water partition coefficient (Wildman–Crippen LogP) is 2.64. The molecule has 0 aliphatic carbocycles. The van der Waals surface area contributed by atoms with Crippen molar-refractivity contribution in [2.45, 2.75) is 108 Å². The number of aliphatic hydroxyl groups excluding tert-OH is 1. The lowest BCUT2D eigenvalue weighted by Gasteiger charge is -2.48. The van der Waals surface area contributed by atoms with Gasteiger partial charge in [0.05, 0.1) is 0 Å². The highest BCUT2D eigenvalue weighted by Gasteiger charge is 2.85. The fourth-order valence-corrected chi connectivity index (χ4v) is 6.33. The van der Waals surface area contributed by atoms with Gasteiger partial charge in [-0.15, -0.1) is 0 Å². The molecule has 2 saturated heterocycles. The lowest BCUT2D eigenvalue weighted by atomic mass is 9.74. The van der Waals surface area contributed by atoms with Crippen LogP contribution in [-0.2, 0) is 49.3 Å². The molecular weight excluding hydrogens is 632 g/mol. The molecule has 0 spiro atoms. The summed E-state index contributed by atoms with van der Waals surface area (Å²) in [5, 5.41) is 53.4. The van der Waals surface area contributed by atoms with Crippen molar-refractivity contribution in [1.82, 2.24) is 0 Å². The van der Waals surface area contributed by atoms with Crippen LogP contribution in [0.5, 0.6) is 0 Å². The second-order valence-electron chi connectivity index (χ2n) is 12.5. The maximum absolute atomic E-state index is 12.9. The first-order valence-corrected chi connectivity index (χ1v) is 15.7. The number of benzene rings is 1. The monoisotopic (exact) mass is 676 g/mol. The van der Waals surface area contributed by atoms with E-state index in [0.29, 0.717) is 12.8 Å². The van der Waals surface area contributed by atoms with Crippen LogP contribution in [0, 0.1) is 11.8 Å². The number of aliphatic carboxylic acids is 3. The largest absolute Gasteiger partial charge is 0.479 e. The van der Waals surface area contributed by atoms with Gasteiger partial charge in [0.25, 0.3) is 0 Å². The van der Waals surface area contributed by atoms with E-state index in [1.807, 2.05) is 44.2 Å². The third-order valence-corrected chi connectivity index (χ3v) is 8.83. The third kappa shape index (κ3) is 7.46. The zero-order chi connectivity index (χ0) is 36.0. The summed E-state index contributed by atoms with van der Waals surface area (Å²) in [6, 6.07) is 9.29. The number of rotatable bonds is 17. The summed E-state index contributed by atoms with van der Waals surface area (Å²) in [6.45, 7) is 10.8. The van der Waals surface area contributed by atoms with Gasteiger partial charge in [-0.2, -0.15) is 0 Å². The minimum Gasteiger partial charge on any atom is -0.479 e. The SMILES string of the molecule is C=C(CC[C@]12O[C@H](C(=O)O)[C@@](O)(C(=O)O)[C@](C(=O)O)(O1)[C@H](OC(=O)/C=C/C(C)CCCC)[C@H]2O)[C@@H](OC(C)=O)[C@H](C)Cc1ccccc1. The van der Waals surface area contributed by atoms with Crippen LogP contribution in [0.4, 0.5) is 0 Å². The Labute approximate surface area is 277 Å². The normalized spacial score (nSPS) is 29.8. The van der Waals surface area contributed by atoms with Crippen molar-refractivity contribution in [3.63, 3.8) is 0 Å². The first-order valence-electron chi connectivity index (χ1n) is 15.7. The number of aliphatic hydroxyl groups is 2. The van der Waals surface area contributed by atoms with Crippen LogP contribution in [-0.4, -0.2) is 96.8 Å². The van der Waals surface area contributed by atoms with E-state index in [1.54, 1.807) is 6.92 Å². The summed E-state index contributed by atoms with van der Waals surface area (Å²) >= 11 is 0. The van der Waals surface area contributed by atoms with Crippen molar-refractivity contribution in [2.75, 3.05) is 0 Å². The van der Waals surface area contributed by atoms with E-state index in [9.17, 15) is 49.5 Å². The van der Waals surface area contributed by atoms with Crippen LogP contribution in [0.3, 0.4) is 0 Å². The number of carbonyl (C=O) groups is 5. The maximum atomic E-state index is 12.9. The van der Waals surface area contributed by atoms with Crippen LogP contribution in [0.15, 0.2) is 54.6 Å². The molecule has 3 rings (SSSR count). The van der Waals surface area contributed by atoms with Crippen molar-refractivity contribution in [2.24, 2.45) is 11.8 Å². The number of esters is 2. The summed E-state index contributed by atoms with van der Waals surface area (Å²) in [7, 11) is 0. The molecule has 14 heteroatoms.